The summed E-state index contributed by atoms with van der Waals surface area (Å²) >= 11 is 0. The summed E-state index contributed by atoms with van der Waals surface area (Å²) in [7, 11) is 0.380. The van der Waals surface area contributed by atoms with Gasteiger partial charge in [0.05, 0.1) is 16.1 Å². The zero-order valence-electron chi connectivity index (χ0n) is 13.7. The maximum atomic E-state index is 14.7. The summed E-state index contributed by atoms with van der Waals surface area (Å²) < 4.78 is 48.5. The molecule has 0 aromatic heterocycles. The van der Waals surface area contributed by atoms with Crippen molar-refractivity contribution in [3.8, 4) is 0 Å². The van der Waals surface area contributed by atoms with Crippen LogP contribution in [0, 0.1) is 0 Å². The molecule has 0 radical (unpaired) electrons. The van der Waals surface area contributed by atoms with Gasteiger partial charge in [0.1, 0.15) is 5.73 Å². The number of hydrogen-bond acceptors (Lipinski definition) is 4. The van der Waals surface area contributed by atoms with Crippen molar-refractivity contribution in [1.82, 2.24) is 0 Å². The first kappa shape index (κ1) is 18.5. The molecule has 1 heterocycles. The Bertz CT molecular complexity index is 725. The first-order valence-corrected chi connectivity index (χ1v) is 9.43. The average Bonchev–Trinajstić information content (AvgIpc) is 2.65. The van der Waals surface area contributed by atoms with E-state index in [1.54, 1.807) is 6.92 Å². The molecule has 0 spiro atoms. The summed E-state index contributed by atoms with van der Waals surface area (Å²) in [6, 6.07) is 5.65. The lowest BCUT2D eigenvalue weighted by atomic mass is 9.83. The zero-order chi connectivity index (χ0) is 17.6. The number of benzene rings is 1. The first-order chi connectivity index (χ1) is 10.3. The van der Waals surface area contributed by atoms with E-state index < -0.39 is 33.1 Å². The number of halogens is 2. The van der Waals surface area contributed by atoms with Gasteiger partial charge in [-0.15, -0.1) is 0 Å². The van der Waals surface area contributed by atoms with Gasteiger partial charge in [-0.25, -0.2) is 12.8 Å². The fourth-order valence-corrected chi connectivity index (χ4v) is 2.90. The van der Waals surface area contributed by atoms with Crippen LogP contribution >= 0.6 is 10.7 Å². The van der Waals surface area contributed by atoms with Crippen LogP contribution < -0.4 is 0 Å². The van der Waals surface area contributed by atoms with E-state index in [-0.39, 0.29) is 4.90 Å². The fourth-order valence-electron chi connectivity index (χ4n) is 2.13. The lowest BCUT2D eigenvalue weighted by Gasteiger charge is -2.32. The molecule has 1 aliphatic heterocycles. The Hall–Kier alpha value is -0.885. The summed E-state index contributed by atoms with van der Waals surface area (Å²) in [5.74, 6) is 0. The Kier molecular flexibility index (Phi) is 4.72. The quantitative estimate of drug-likeness (QED) is 0.605. The van der Waals surface area contributed by atoms with Crippen molar-refractivity contribution in [2.24, 2.45) is 0 Å². The van der Waals surface area contributed by atoms with E-state index in [2.05, 4.69) is 0 Å². The van der Waals surface area contributed by atoms with Gasteiger partial charge in [-0.2, -0.15) is 0 Å². The summed E-state index contributed by atoms with van der Waals surface area (Å²) in [5, 5.41) is 0. The third kappa shape index (κ3) is 3.63. The highest BCUT2D eigenvalue weighted by atomic mass is 35.7. The van der Waals surface area contributed by atoms with Gasteiger partial charge in [0.25, 0.3) is 9.05 Å². The van der Waals surface area contributed by atoms with Gasteiger partial charge >= 0.3 is 7.12 Å². The minimum atomic E-state index is -3.80. The molecular weight excluding hydrogens is 341 g/mol. The molecule has 126 valence electrons. The molecule has 2 rings (SSSR count). The number of hydrogen-bond donors (Lipinski definition) is 0. The Balaban J connectivity index is 2.32. The molecule has 1 aliphatic rings. The maximum absolute atomic E-state index is 14.7. The fraction of sp³-hybridized carbons (Fsp3) is 0.467. The van der Waals surface area contributed by atoms with Crippen LogP contribution in [-0.4, -0.2) is 26.7 Å². The molecule has 4 nitrogen and oxygen atoms in total. The molecule has 0 aliphatic carbocycles. The van der Waals surface area contributed by atoms with Crippen molar-refractivity contribution in [2.75, 3.05) is 0 Å². The van der Waals surface area contributed by atoms with Gasteiger partial charge in [0, 0.05) is 10.7 Å². The molecule has 0 bridgehead atoms. The van der Waals surface area contributed by atoms with Crippen molar-refractivity contribution < 1.29 is 22.1 Å². The van der Waals surface area contributed by atoms with Crippen LogP contribution in [0.3, 0.4) is 0 Å². The zero-order valence-corrected chi connectivity index (χ0v) is 15.3. The standard InChI is InChI=1S/C15H19BClFO4S/c1-10(11-6-8-12(9-7-11)23(17,19)20)13(18)16-21-14(2,3)15(4,5)22-16/h6-9H,1-5H3. The average molecular weight is 361 g/mol. The van der Waals surface area contributed by atoms with Gasteiger partial charge in [-0.3, -0.25) is 0 Å². The maximum Gasteiger partial charge on any atom is 0.525 e. The molecule has 8 heteroatoms. The molecule has 23 heavy (non-hydrogen) atoms. The largest absolute Gasteiger partial charge is 0.525 e. The van der Waals surface area contributed by atoms with Crippen LogP contribution in [0.4, 0.5) is 4.39 Å². The molecule has 1 saturated heterocycles. The van der Waals surface area contributed by atoms with Gasteiger partial charge in [0.15, 0.2) is 0 Å². The van der Waals surface area contributed by atoms with Crippen LogP contribution in [0.1, 0.15) is 40.2 Å². The molecule has 1 fully saturated rings. The van der Waals surface area contributed by atoms with Crippen molar-refractivity contribution in [3.05, 3.63) is 35.6 Å². The van der Waals surface area contributed by atoms with Crippen molar-refractivity contribution in [3.63, 3.8) is 0 Å². The minimum absolute atomic E-state index is 0.0354. The molecule has 1 aromatic carbocycles. The molecule has 0 saturated carbocycles. The van der Waals surface area contributed by atoms with Crippen LogP contribution in [0.5, 0.6) is 0 Å². The van der Waals surface area contributed by atoms with E-state index >= 15 is 0 Å². The lowest BCUT2D eigenvalue weighted by molar-refractivity contribution is 0.00578. The first-order valence-electron chi connectivity index (χ1n) is 7.12. The predicted molar refractivity (Wildman–Crippen MR) is 89.3 cm³/mol. The van der Waals surface area contributed by atoms with E-state index in [1.165, 1.54) is 24.3 Å². The summed E-state index contributed by atoms with van der Waals surface area (Å²) in [6.07, 6.45) is 0. The highest BCUT2D eigenvalue weighted by Gasteiger charge is 2.53. The van der Waals surface area contributed by atoms with Crippen molar-refractivity contribution >= 4 is 32.4 Å². The van der Waals surface area contributed by atoms with Gasteiger partial charge < -0.3 is 9.31 Å². The van der Waals surface area contributed by atoms with E-state index in [9.17, 15) is 12.8 Å². The molecule has 1 aromatic rings. The second-order valence-corrected chi connectivity index (χ2v) is 9.09. The normalized spacial score (nSPS) is 21.3. The molecule has 0 unspecified atom stereocenters. The van der Waals surface area contributed by atoms with Crippen molar-refractivity contribution in [1.29, 1.82) is 0 Å². The SMILES string of the molecule is CC(=C(F)B1OC(C)(C)C(C)(C)O1)c1ccc(S(=O)(=O)Cl)cc1. The monoisotopic (exact) mass is 360 g/mol. The van der Waals surface area contributed by atoms with E-state index in [0.717, 1.165) is 0 Å². The summed E-state index contributed by atoms with van der Waals surface area (Å²) in [5.41, 5.74) is -0.953. The number of rotatable bonds is 3. The Morgan fingerprint density at radius 1 is 1.09 bits per heavy atom. The molecule has 0 amide bonds. The predicted octanol–water partition coefficient (Wildman–Crippen LogP) is 3.95. The molecule has 0 N–H and O–H groups in total. The third-order valence-corrected chi connectivity index (χ3v) is 5.76. The Morgan fingerprint density at radius 2 is 1.52 bits per heavy atom. The third-order valence-electron chi connectivity index (χ3n) is 4.39. The van der Waals surface area contributed by atoms with Gasteiger partial charge in [-0.1, -0.05) is 12.1 Å². The lowest BCUT2D eigenvalue weighted by Crippen LogP contribution is -2.41. The van der Waals surface area contributed by atoms with E-state index in [1.807, 2.05) is 27.7 Å². The van der Waals surface area contributed by atoms with E-state index in [0.29, 0.717) is 11.1 Å². The van der Waals surface area contributed by atoms with Gasteiger partial charge in [0.2, 0.25) is 0 Å². The molecule has 0 atom stereocenters. The highest BCUT2D eigenvalue weighted by molar-refractivity contribution is 8.13. The Labute approximate surface area is 141 Å². The second-order valence-electron chi connectivity index (χ2n) is 6.52. The highest BCUT2D eigenvalue weighted by Crippen LogP contribution is 2.40. The topological polar surface area (TPSA) is 52.6 Å². The molecular formula is C15H19BClFO4S. The minimum Gasteiger partial charge on any atom is -0.398 e. The summed E-state index contributed by atoms with van der Waals surface area (Å²) in [6.45, 7) is 8.96. The van der Waals surface area contributed by atoms with Crippen LogP contribution in [0.25, 0.3) is 5.57 Å². The van der Waals surface area contributed by atoms with E-state index in [4.69, 9.17) is 20.0 Å². The smallest absolute Gasteiger partial charge is 0.398 e. The Morgan fingerprint density at radius 3 is 1.91 bits per heavy atom. The van der Waals surface area contributed by atoms with Gasteiger partial charge in [-0.05, 0) is 57.9 Å². The second kappa shape index (κ2) is 5.88. The number of allylic oxidation sites excluding steroid dienone is 1. The van der Waals surface area contributed by atoms with Crippen molar-refractivity contribution in [2.45, 2.75) is 50.7 Å². The van der Waals surface area contributed by atoms with Crippen LogP contribution in [0.2, 0.25) is 0 Å². The van der Waals surface area contributed by atoms with Crippen LogP contribution in [-0.2, 0) is 18.4 Å². The summed E-state index contributed by atoms with van der Waals surface area (Å²) in [4.78, 5) is -0.0354. The van der Waals surface area contributed by atoms with Crippen LogP contribution in [0.15, 0.2) is 34.9 Å².